The van der Waals surface area contributed by atoms with Crippen molar-refractivity contribution in [2.45, 2.75) is 51.7 Å². The molecule has 5 heteroatoms. The Morgan fingerprint density at radius 3 is 2.19 bits per heavy atom. The fraction of sp³-hybridized carbons (Fsp3) is 0.909. The van der Waals surface area contributed by atoms with Crippen molar-refractivity contribution in [2.24, 2.45) is 0 Å². The molecular weight excluding hydrogens is 208 g/mol. The Bertz CT molecular complexity index is 217. The Hall–Kier alpha value is -0.650. The molecule has 5 nitrogen and oxygen atoms in total. The van der Waals surface area contributed by atoms with E-state index in [1.807, 2.05) is 13.8 Å². The van der Waals surface area contributed by atoms with Gasteiger partial charge in [0.2, 0.25) is 5.91 Å². The molecule has 0 aromatic rings. The summed E-state index contributed by atoms with van der Waals surface area (Å²) >= 11 is 0. The molecule has 0 aliphatic carbocycles. The molecule has 0 spiro atoms. The van der Waals surface area contributed by atoms with Crippen molar-refractivity contribution >= 4 is 5.91 Å². The molecule has 0 radical (unpaired) electrons. The summed E-state index contributed by atoms with van der Waals surface area (Å²) in [5, 5.41) is 23.9. The molecule has 0 bridgehead atoms. The highest BCUT2D eigenvalue weighted by molar-refractivity contribution is 5.81. The quantitative estimate of drug-likeness (QED) is 0.482. The molecule has 0 aliphatic heterocycles. The van der Waals surface area contributed by atoms with Gasteiger partial charge in [0.1, 0.15) is 0 Å². The van der Waals surface area contributed by atoms with Crippen LogP contribution in [0.25, 0.3) is 0 Å². The summed E-state index contributed by atoms with van der Waals surface area (Å²) in [4.78, 5) is 11.7. The van der Waals surface area contributed by atoms with Crippen LogP contribution >= 0.6 is 0 Å². The van der Waals surface area contributed by atoms with Gasteiger partial charge in [-0.15, -0.1) is 0 Å². The zero-order chi connectivity index (χ0) is 12.8. The minimum Gasteiger partial charge on any atom is -0.394 e. The van der Waals surface area contributed by atoms with E-state index >= 15 is 0 Å². The number of nitrogens with one attached hydrogen (secondary N) is 2. The van der Waals surface area contributed by atoms with E-state index in [9.17, 15) is 4.79 Å². The SMILES string of the molecule is CCC(C)NC(=O)C(C)NC(C)(CO)CO. The van der Waals surface area contributed by atoms with Crippen LogP contribution in [0.2, 0.25) is 0 Å². The van der Waals surface area contributed by atoms with Gasteiger partial charge >= 0.3 is 0 Å². The number of carbonyl (C=O) groups excluding carboxylic acids is 1. The predicted molar refractivity (Wildman–Crippen MR) is 63.1 cm³/mol. The maximum atomic E-state index is 11.7. The Kier molecular flexibility index (Phi) is 6.55. The van der Waals surface area contributed by atoms with Gasteiger partial charge in [0.15, 0.2) is 0 Å². The van der Waals surface area contributed by atoms with E-state index in [1.54, 1.807) is 13.8 Å². The minimum atomic E-state index is -0.827. The van der Waals surface area contributed by atoms with Gasteiger partial charge in [0, 0.05) is 6.04 Å². The van der Waals surface area contributed by atoms with E-state index in [1.165, 1.54) is 0 Å². The highest BCUT2D eigenvalue weighted by atomic mass is 16.3. The zero-order valence-electron chi connectivity index (χ0n) is 10.6. The van der Waals surface area contributed by atoms with Gasteiger partial charge in [-0.25, -0.2) is 0 Å². The lowest BCUT2D eigenvalue weighted by molar-refractivity contribution is -0.124. The van der Waals surface area contributed by atoms with Crippen molar-refractivity contribution < 1.29 is 15.0 Å². The summed E-state index contributed by atoms with van der Waals surface area (Å²) in [6.07, 6.45) is 0.871. The third kappa shape index (κ3) is 4.92. The topological polar surface area (TPSA) is 81.6 Å². The van der Waals surface area contributed by atoms with Crippen molar-refractivity contribution in [2.75, 3.05) is 13.2 Å². The van der Waals surface area contributed by atoms with Crippen LogP contribution in [-0.2, 0) is 4.79 Å². The lowest BCUT2D eigenvalue weighted by atomic mass is 10.0. The number of aliphatic hydroxyl groups is 2. The molecule has 0 saturated heterocycles. The summed E-state index contributed by atoms with van der Waals surface area (Å²) in [6, 6.07) is -0.315. The van der Waals surface area contributed by atoms with E-state index < -0.39 is 11.6 Å². The molecule has 1 amide bonds. The third-order valence-corrected chi connectivity index (χ3v) is 2.66. The van der Waals surface area contributed by atoms with Crippen molar-refractivity contribution in [1.82, 2.24) is 10.6 Å². The normalized spacial score (nSPS) is 15.6. The first kappa shape index (κ1) is 15.3. The summed E-state index contributed by atoms with van der Waals surface area (Å²) in [7, 11) is 0. The maximum Gasteiger partial charge on any atom is 0.237 e. The summed E-state index contributed by atoms with van der Waals surface area (Å²) in [5.74, 6) is -0.123. The van der Waals surface area contributed by atoms with E-state index in [0.29, 0.717) is 0 Å². The molecule has 4 N–H and O–H groups in total. The summed E-state index contributed by atoms with van der Waals surface area (Å²) < 4.78 is 0. The Morgan fingerprint density at radius 1 is 1.31 bits per heavy atom. The van der Waals surface area contributed by atoms with Crippen LogP contribution < -0.4 is 10.6 Å². The second-order valence-corrected chi connectivity index (χ2v) is 4.56. The number of hydrogen-bond donors (Lipinski definition) is 4. The molecule has 16 heavy (non-hydrogen) atoms. The van der Waals surface area contributed by atoms with Crippen molar-refractivity contribution in [3.8, 4) is 0 Å². The third-order valence-electron chi connectivity index (χ3n) is 2.66. The highest BCUT2D eigenvalue weighted by Crippen LogP contribution is 2.03. The molecule has 0 saturated carbocycles. The van der Waals surface area contributed by atoms with Gasteiger partial charge in [-0.2, -0.15) is 0 Å². The fourth-order valence-electron chi connectivity index (χ4n) is 1.20. The second-order valence-electron chi connectivity index (χ2n) is 4.56. The predicted octanol–water partition coefficient (Wildman–Crippen LogP) is -0.377. The van der Waals surface area contributed by atoms with Crippen LogP contribution in [0.4, 0.5) is 0 Å². The summed E-state index contributed by atoms with van der Waals surface area (Å²) in [5.41, 5.74) is -0.827. The largest absolute Gasteiger partial charge is 0.394 e. The molecule has 2 unspecified atom stereocenters. The van der Waals surface area contributed by atoms with Crippen LogP contribution in [0, 0.1) is 0 Å². The molecular formula is C11H24N2O3. The number of rotatable bonds is 7. The molecule has 0 aliphatic rings. The Balaban J connectivity index is 4.24. The standard InChI is InChI=1S/C11H24N2O3/c1-5-8(2)12-10(16)9(3)13-11(4,6-14)7-15/h8-9,13-15H,5-7H2,1-4H3,(H,12,16). The Morgan fingerprint density at radius 2 is 1.81 bits per heavy atom. The van der Waals surface area contributed by atoms with Gasteiger partial charge in [0.05, 0.1) is 24.8 Å². The van der Waals surface area contributed by atoms with Gasteiger partial charge in [-0.05, 0) is 27.2 Å². The zero-order valence-corrected chi connectivity index (χ0v) is 10.6. The van der Waals surface area contributed by atoms with Crippen LogP contribution in [0.15, 0.2) is 0 Å². The number of amides is 1. The first-order valence-corrected chi connectivity index (χ1v) is 5.68. The number of carbonyl (C=O) groups is 1. The van der Waals surface area contributed by atoms with Crippen molar-refractivity contribution in [3.63, 3.8) is 0 Å². The lowest BCUT2D eigenvalue weighted by Gasteiger charge is -2.30. The average molecular weight is 232 g/mol. The smallest absolute Gasteiger partial charge is 0.237 e. The van der Waals surface area contributed by atoms with Gasteiger partial charge in [-0.1, -0.05) is 6.92 Å². The fourth-order valence-corrected chi connectivity index (χ4v) is 1.20. The molecule has 2 atom stereocenters. The molecule has 96 valence electrons. The molecule has 0 aromatic carbocycles. The van der Waals surface area contributed by atoms with E-state index in [2.05, 4.69) is 10.6 Å². The van der Waals surface area contributed by atoms with Crippen LogP contribution in [0.3, 0.4) is 0 Å². The molecule has 0 rings (SSSR count). The van der Waals surface area contributed by atoms with Crippen LogP contribution in [-0.4, -0.2) is 47.0 Å². The first-order valence-electron chi connectivity index (χ1n) is 5.68. The Labute approximate surface area is 97.2 Å². The second kappa shape index (κ2) is 6.83. The maximum absolute atomic E-state index is 11.7. The molecule has 0 heterocycles. The van der Waals surface area contributed by atoms with Gasteiger partial charge < -0.3 is 15.5 Å². The van der Waals surface area contributed by atoms with Gasteiger partial charge in [0.25, 0.3) is 0 Å². The molecule has 0 fully saturated rings. The lowest BCUT2D eigenvalue weighted by Crippen LogP contribution is -2.57. The van der Waals surface area contributed by atoms with Crippen LogP contribution in [0.5, 0.6) is 0 Å². The monoisotopic (exact) mass is 232 g/mol. The minimum absolute atomic E-state index is 0.123. The average Bonchev–Trinajstić information content (AvgIpc) is 2.28. The van der Waals surface area contributed by atoms with Gasteiger partial charge in [-0.3, -0.25) is 10.1 Å². The van der Waals surface area contributed by atoms with Crippen molar-refractivity contribution in [3.05, 3.63) is 0 Å². The van der Waals surface area contributed by atoms with E-state index in [4.69, 9.17) is 10.2 Å². The summed E-state index contributed by atoms with van der Waals surface area (Å²) in [6.45, 7) is 6.87. The molecule has 0 aromatic heterocycles. The van der Waals surface area contributed by atoms with E-state index in [-0.39, 0.29) is 25.2 Å². The highest BCUT2D eigenvalue weighted by Gasteiger charge is 2.27. The first-order chi connectivity index (χ1) is 7.38. The number of hydrogen-bond acceptors (Lipinski definition) is 4. The van der Waals surface area contributed by atoms with E-state index in [0.717, 1.165) is 6.42 Å². The number of aliphatic hydroxyl groups excluding tert-OH is 2. The van der Waals surface area contributed by atoms with Crippen molar-refractivity contribution in [1.29, 1.82) is 0 Å². The van der Waals surface area contributed by atoms with Crippen LogP contribution in [0.1, 0.15) is 34.1 Å².